The molecule has 2 aromatic rings. The monoisotopic (exact) mass is 383 g/mol. The van der Waals surface area contributed by atoms with Gasteiger partial charge in [0.1, 0.15) is 18.1 Å². The topological polar surface area (TPSA) is 25.6 Å². The highest BCUT2D eigenvalue weighted by Gasteiger charge is 2.05. The van der Waals surface area contributed by atoms with E-state index >= 15 is 0 Å². The molecule has 2 rings (SSSR count). The average molecular weight is 384 g/mol. The number of nitrogens with zero attached hydrogens (tertiary/aromatic N) is 1. The van der Waals surface area contributed by atoms with Crippen LogP contribution >= 0.6 is 11.3 Å². The first-order chi connectivity index (χ1) is 12.9. The van der Waals surface area contributed by atoms with Gasteiger partial charge in [-0.1, -0.05) is 30.1 Å². The molecule has 4 heteroatoms. The van der Waals surface area contributed by atoms with E-state index in [0.717, 1.165) is 24.6 Å². The van der Waals surface area contributed by atoms with Gasteiger partial charge in [-0.05, 0) is 68.4 Å². The Hall–Kier alpha value is -2.06. The van der Waals surface area contributed by atoms with E-state index < -0.39 is 0 Å². The van der Waals surface area contributed by atoms with Crippen LogP contribution in [0.1, 0.15) is 37.9 Å². The van der Waals surface area contributed by atoms with Crippen LogP contribution in [0.4, 0.5) is 0 Å². The molecular formula is C23H29NO2S. The van der Waals surface area contributed by atoms with Gasteiger partial charge in [0.2, 0.25) is 0 Å². The second-order valence-corrected chi connectivity index (χ2v) is 8.24. The first-order valence-electron chi connectivity index (χ1n) is 9.13. The molecule has 0 radical (unpaired) electrons. The Morgan fingerprint density at radius 1 is 1.19 bits per heavy atom. The number of rotatable bonds is 9. The normalized spacial score (nSPS) is 12.2. The van der Waals surface area contributed by atoms with Crippen molar-refractivity contribution in [3.63, 3.8) is 0 Å². The third-order valence-electron chi connectivity index (χ3n) is 3.52. The minimum atomic E-state index is 0.0442. The van der Waals surface area contributed by atoms with Gasteiger partial charge in [-0.3, -0.25) is 4.90 Å². The molecule has 2 heterocycles. The lowest BCUT2D eigenvalue weighted by molar-refractivity contribution is 0.129. The lowest BCUT2D eigenvalue weighted by atomic mass is 9.98. The maximum Gasteiger partial charge on any atom is 0.129 e. The molecule has 0 aliphatic carbocycles. The Kier molecular flexibility index (Phi) is 8.60. The molecule has 0 fully saturated rings. The molecule has 0 saturated heterocycles. The highest BCUT2D eigenvalue weighted by atomic mass is 32.1. The van der Waals surface area contributed by atoms with Crippen molar-refractivity contribution in [3.8, 4) is 11.8 Å². The molecule has 0 atom stereocenters. The van der Waals surface area contributed by atoms with Crippen molar-refractivity contribution in [3.05, 3.63) is 64.3 Å². The summed E-state index contributed by atoms with van der Waals surface area (Å²) in [6.45, 7) is 8.98. The van der Waals surface area contributed by atoms with E-state index in [-0.39, 0.29) is 5.41 Å². The predicted molar refractivity (Wildman–Crippen MR) is 114 cm³/mol. The zero-order valence-electron chi connectivity index (χ0n) is 16.7. The van der Waals surface area contributed by atoms with E-state index in [1.54, 1.807) is 11.3 Å². The van der Waals surface area contributed by atoms with E-state index in [0.29, 0.717) is 13.2 Å². The molecule has 0 aliphatic heterocycles. The Bertz CT molecular complexity index is 782. The maximum absolute atomic E-state index is 5.84. The van der Waals surface area contributed by atoms with Crippen molar-refractivity contribution < 1.29 is 9.15 Å². The number of likely N-dealkylation sites (N-methyl/N-ethyl adjacent to an activating group) is 1. The fourth-order valence-electron chi connectivity index (χ4n) is 2.25. The Morgan fingerprint density at radius 3 is 2.74 bits per heavy atom. The number of hydrogen-bond acceptors (Lipinski definition) is 4. The molecule has 0 unspecified atom stereocenters. The molecule has 2 aromatic heterocycles. The van der Waals surface area contributed by atoms with Gasteiger partial charge in [0.15, 0.2) is 0 Å². The molecule has 0 aliphatic rings. The quantitative estimate of drug-likeness (QED) is 0.416. The third-order valence-corrected chi connectivity index (χ3v) is 4.22. The van der Waals surface area contributed by atoms with Crippen molar-refractivity contribution in [2.75, 3.05) is 20.2 Å². The van der Waals surface area contributed by atoms with Crippen LogP contribution in [0.25, 0.3) is 6.08 Å². The minimum absolute atomic E-state index is 0.0442. The van der Waals surface area contributed by atoms with E-state index in [4.69, 9.17) is 9.15 Å². The van der Waals surface area contributed by atoms with Crippen LogP contribution < -0.4 is 0 Å². The first kappa shape index (κ1) is 21.2. The van der Waals surface area contributed by atoms with Gasteiger partial charge in [-0.15, -0.1) is 0 Å². The summed E-state index contributed by atoms with van der Waals surface area (Å²) in [5.74, 6) is 8.08. The largest absolute Gasteiger partial charge is 0.462 e. The lowest BCUT2D eigenvalue weighted by Gasteiger charge is -2.11. The van der Waals surface area contributed by atoms with Crippen molar-refractivity contribution >= 4 is 17.4 Å². The van der Waals surface area contributed by atoms with Gasteiger partial charge in [-0.2, -0.15) is 11.3 Å². The Labute approximate surface area is 167 Å². The average Bonchev–Trinajstić information content (AvgIpc) is 3.25. The van der Waals surface area contributed by atoms with Gasteiger partial charge in [-0.25, -0.2) is 0 Å². The highest BCUT2D eigenvalue weighted by Crippen LogP contribution is 2.12. The summed E-state index contributed by atoms with van der Waals surface area (Å²) in [5, 5.41) is 4.18. The molecule has 0 aromatic carbocycles. The Morgan fingerprint density at radius 2 is 2.00 bits per heavy atom. The molecule has 0 saturated carbocycles. The smallest absolute Gasteiger partial charge is 0.129 e. The maximum atomic E-state index is 5.84. The van der Waals surface area contributed by atoms with E-state index in [1.165, 1.54) is 5.56 Å². The predicted octanol–water partition coefficient (Wildman–Crippen LogP) is 5.61. The summed E-state index contributed by atoms with van der Waals surface area (Å²) in [5.41, 5.74) is 1.26. The summed E-state index contributed by atoms with van der Waals surface area (Å²) < 4.78 is 11.5. The molecule has 0 N–H and O–H groups in total. The van der Waals surface area contributed by atoms with Gasteiger partial charge >= 0.3 is 0 Å². The molecule has 0 amide bonds. The number of furan rings is 1. The number of allylic oxidation sites excluding steroid dienone is 1. The van der Waals surface area contributed by atoms with Crippen LogP contribution in [0, 0.1) is 17.3 Å². The van der Waals surface area contributed by atoms with Gasteiger partial charge in [0.25, 0.3) is 0 Å². The van der Waals surface area contributed by atoms with Crippen molar-refractivity contribution in [2.45, 2.75) is 33.9 Å². The second kappa shape index (κ2) is 10.9. The highest BCUT2D eigenvalue weighted by molar-refractivity contribution is 7.08. The molecule has 3 nitrogen and oxygen atoms in total. The van der Waals surface area contributed by atoms with Crippen molar-refractivity contribution in [1.82, 2.24) is 4.90 Å². The molecule has 27 heavy (non-hydrogen) atoms. The van der Waals surface area contributed by atoms with Crippen LogP contribution in [0.2, 0.25) is 0 Å². The third kappa shape index (κ3) is 9.44. The molecular weight excluding hydrogens is 354 g/mol. The molecule has 0 spiro atoms. The summed E-state index contributed by atoms with van der Waals surface area (Å²) in [4.78, 5) is 2.18. The SMILES string of the molecule is CN(C/C=C/C#CC(C)(C)C)Cc1ccc(COC/C=C/c2ccsc2)o1. The number of hydrogen-bond donors (Lipinski definition) is 0. The number of thiophene rings is 1. The van der Waals surface area contributed by atoms with Crippen molar-refractivity contribution in [2.24, 2.45) is 5.41 Å². The van der Waals surface area contributed by atoms with E-state index in [1.807, 2.05) is 24.3 Å². The van der Waals surface area contributed by atoms with Crippen LogP contribution in [0.5, 0.6) is 0 Å². The summed E-state index contributed by atoms with van der Waals surface area (Å²) in [7, 11) is 2.06. The van der Waals surface area contributed by atoms with Crippen LogP contribution in [-0.2, 0) is 17.9 Å². The zero-order valence-corrected chi connectivity index (χ0v) is 17.5. The lowest BCUT2D eigenvalue weighted by Crippen LogP contribution is -2.17. The summed E-state index contributed by atoms with van der Waals surface area (Å²) >= 11 is 1.69. The molecule has 144 valence electrons. The van der Waals surface area contributed by atoms with E-state index in [9.17, 15) is 0 Å². The van der Waals surface area contributed by atoms with Gasteiger partial charge < -0.3 is 9.15 Å². The van der Waals surface area contributed by atoms with Crippen LogP contribution in [-0.4, -0.2) is 25.1 Å². The standard InChI is InChI=1S/C23H29NO2S/c1-23(2,3)13-6-5-7-14-24(4)17-21-10-11-22(26-21)18-25-15-8-9-20-12-16-27-19-20/h5,7-12,16,19H,14-15,17-18H2,1-4H3/b7-5+,9-8+. The van der Waals surface area contributed by atoms with Crippen LogP contribution in [0.15, 0.2) is 51.6 Å². The van der Waals surface area contributed by atoms with Gasteiger partial charge in [0, 0.05) is 12.0 Å². The fraction of sp³-hybridized carbons (Fsp3) is 0.391. The van der Waals surface area contributed by atoms with E-state index in [2.05, 4.69) is 73.5 Å². The summed E-state index contributed by atoms with van der Waals surface area (Å²) in [6, 6.07) is 6.08. The first-order valence-corrected chi connectivity index (χ1v) is 10.1. The Balaban J connectivity index is 1.67. The number of ether oxygens (including phenoxy) is 1. The minimum Gasteiger partial charge on any atom is -0.462 e. The van der Waals surface area contributed by atoms with Gasteiger partial charge in [0.05, 0.1) is 13.2 Å². The fourth-order valence-corrected chi connectivity index (χ4v) is 2.88. The second-order valence-electron chi connectivity index (χ2n) is 7.46. The molecule has 0 bridgehead atoms. The van der Waals surface area contributed by atoms with Crippen molar-refractivity contribution in [1.29, 1.82) is 0 Å². The summed E-state index contributed by atoms with van der Waals surface area (Å²) in [6.07, 6.45) is 8.09. The zero-order chi connectivity index (χ0) is 19.5. The van der Waals surface area contributed by atoms with Crippen LogP contribution in [0.3, 0.4) is 0 Å².